The fourth-order valence-electron chi connectivity index (χ4n) is 2.20. The average molecular weight is 326 g/mol. The number of carbonyl (C=O) groups excluding carboxylic acids is 1. The largest absolute Gasteiger partial charge is 0.386 e. The third-order valence-corrected chi connectivity index (χ3v) is 3.37. The van der Waals surface area contributed by atoms with Crippen LogP contribution in [0.4, 0.5) is 10.1 Å². The Morgan fingerprint density at radius 2 is 2.00 bits per heavy atom. The Morgan fingerprint density at radius 3 is 2.75 bits per heavy atom. The number of hydrogen-bond donors (Lipinski definition) is 2. The summed E-state index contributed by atoms with van der Waals surface area (Å²) in [5, 5.41) is 16.7. The van der Waals surface area contributed by atoms with Crippen molar-refractivity contribution in [3.63, 3.8) is 0 Å². The smallest absolute Gasteiger partial charge is 0.295 e. The molecule has 7 heteroatoms. The van der Waals surface area contributed by atoms with Gasteiger partial charge in [0.25, 0.3) is 5.91 Å². The molecule has 2 aromatic carbocycles. The highest BCUT2D eigenvalue weighted by Gasteiger charge is 2.14. The van der Waals surface area contributed by atoms with E-state index in [0.29, 0.717) is 5.69 Å². The van der Waals surface area contributed by atoms with Crippen LogP contribution in [-0.4, -0.2) is 25.8 Å². The van der Waals surface area contributed by atoms with E-state index in [1.165, 1.54) is 29.2 Å². The van der Waals surface area contributed by atoms with Crippen molar-refractivity contribution in [1.82, 2.24) is 14.8 Å². The van der Waals surface area contributed by atoms with E-state index in [1.807, 2.05) is 18.2 Å². The van der Waals surface area contributed by atoms with E-state index < -0.39 is 17.8 Å². The van der Waals surface area contributed by atoms with Crippen molar-refractivity contribution in [2.24, 2.45) is 0 Å². The van der Waals surface area contributed by atoms with Crippen LogP contribution in [0.25, 0.3) is 0 Å². The van der Waals surface area contributed by atoms with E-state index in [2.05, 4.69) is 15.4 Å². The van der Waals surface area contributed by atoms with Gasteiger partial charge in [-0.1, -0.05) is 36.4 Å². The maximum absolute atomic E-state index is 13.1. The molecule has 3 rings (SSSR count). The van der Waals surface area contributed by atoms with E-state index in [0.717, 1.165) is 5.56 Å². The van der Waals surface area contributed by atoms with Gasteiger partial charge in [0.2, 0.25) is 5.82 Å². The molecule has 2 N–H and O–H groups in total. The second kappa shape index (κ2) is 7.01. The monoisotopic (exact) mass is 326 g/mol. The molecule has 0 aliphatic carbocycles. The van der Waals surface area contributed by atoms with Gasteiger partial charge in [0.15, 0.2) is 0 Å². The highest BCUT2D eigenvalue weighted by molar-refractivity contribution is 6.01. The van der Waals surface area contributed by atoms with Gasteiger partial charge in [-0.25, -0.2) is 14.1 Å². The lowest BCUT2D eigenvalue weighted by molar-refractivity contribution is 0.101. The molecule has 0 saturated carbocycles. The molecular formula is C17H15FN4O2. The molecule has 0 aliphatic rings. The summed E-state index contributed by atoms with van der Waals surface area (Å²) in [4.78, 5) is 16.0. The van der Waals surface area contributed by atoms with Crippen molar-refractivity contribution in [3.8, 4) is 0 Å². The molecule has 0 bridgehead atoms. The molecule has 24 heavy (non-hydrogen) atoms. The maximum Gasteiger partial charge on any atom is 0.295 e. The minimum absolute atomic E-state index is 0.0560. The average Bonchev–Trinajstić information content (AvgIpc) is 3.04. The van der Waals surface area contributed by atoms with Gasteiger partial charge in [0, 0.05) is 5.69 Å². The van der Waals surface area contributed by atoms with Crippen LogP contribution >= 0.6 is 0 Å². The van der Waals surface area contributed by atoms with Crippen molar-refractivity contribution in [2.45, 2.75) is 12.6 Å². The number of nitrogens with zero attached hydrogens (tertiary/aromatic N) is 3. The zero-order chi connectivity index (χ0) is 16.9. The zero-order valence-corrected chi connectivity index (χ0v) is 12.6. The number of amides is 1. The first-order chi connectivity index (χ1) is 11.6. The molecular weight excluding hydrogens is 311 g/mol. The predicted molar refractivity (Wildman–Crippen MR) is 85.8 cm³/mol. The van der Waals surface area contributed by atoms with Crippen LogP contribution < -0.4 is 5.32 Å². The summed E-state index contributed by atoms with van der Waals surface area (Å²) in [7, 11) is 0. The van der Waals surface area contributed by atoms with Crippen molar-refractivity contribution in [3.05, 3.63) is 78.1 Å². The minimum Gasteiger partial charge on any atom is -0.386 e. The van der Waals surface area contributed by atoms with E-state index >= 15 is 0 Å². The zero-order valence-electron chi connectivity index (χ0n) is 12.6. The lowest BCUT2D eigenvalue weighted by atomic mass is 10.1. The van der Waals surface area contributed by atoms with Crippen LogP contribution in [0.2, 0.25) is 0 Å². The Hall–Kier alpha value is -3.06. The maximum atomic E-state index is 13.1. The number of aromatic nitrogens is 3. The summed E-state index contributed by atoms with van der Waals surface area (Å²) in [5.74, 6) is -1.05. The third kappa shape index (κ3) is 3.82. The summed E-state index contributed by atoms with van der Waals surface area (Å²) >= 11 is 0. The molecule has 122 valence electrons. The number of aliphatic hydroxyl groups is 1. The molecule has 0 spiro atoms. The first-order valence-electron chi connectivity index (χ1n) is 7.31. The Kier molecular flexibility index (Phi) is 4.62. The van der Waals surface area contributed by atoms with Crippen LogP contribution in [0, 0.1) is 5.82 Å². The van der Waals surface area contributed by atoms with Crippen LogP contribution in [0.3, 0.4) is 0 Å². The summed E-state index contributed by atoms with van der Waals surface area (Å²) in [6.07, 6.45) is 0.610. The first kappa shape index (κ1) is 15.8. The second-order valence-electron chi connectivity index (χ2n) is 5.18. The second-order valence-corrected chi connectivity index (χ2v) is 5.18. The van der Waals surface area contributed by atoms with Gasteiger partial charge < -0.3 is 10.4 Å². The molecule has 3 aromatic rings. The van der Waals surface area contributed by atoms with Crippen LogP contribution in [0.1, 0.15) is 22.3 Å². The number of halogens is 1. The standard InChI is InChI=1S/C17H15FN4O2/c18-13-7-4-8-14(9-13)20-17(24)16-19-11-22(21-16)10-15(23)12-5-2-1-3-6-12/h1-9,11,15,23H,10H2,(H,20,24)/t15-/m0/s1. The van der Waals surface area contributed by atoms with Crippen LogP contribution in [0.5, 0.6) is 0 Å². The number of aliphatic hydroxyl groups excluding tert-OH is 1. The highest BCUT2D eigenvalue weighted by atomic mass is 19.1. The van der Waals surface area contributed by atoms with Crippen LogP contribution in [0.15, 0.2) is 60.9 Å². The Labute approximate surface area is 137 Å². The Morgan fingerprint density at radius 1 is 1.21 bits per heavy atom. The highest BCUT2D eigenvalue weighted by Crippen LogP contribution is 2.14. The summed E-state index contributed by atoms with van der Waals surface area (Å²) in [6, 6.07) is 14.7. The molecule has 6 nitrogen and oxygen atoms in total. The normalized spacial score (nSPS) is 11.9. The molecule has 1 atom stereocenters. The SMILES string of the molecule is O=C(Nc1cccc(F)c1)c1ncn(C[C@H](O)c2ccccc2)n1. The van der Waals surface area contributed by atoms with Gasteiger partial charge >= 0.3 is 0 Å². The summed E-state index contributed by atoms with van der Waals surface area (Å²) in [6.45, 7) is 0.171. The lowest BCUT2D eigenvalue weighted by Gasteiger charge is -2.10. The molecule has 0 saturated heterocycles. The lowest BCUT2D eigenvalue weighted by Crippen LogP contribution is -2.15. The van der Waals surface area contributed by atoms with E-state index in [-0.39, 0.29) is 12.4 Å². The predicted octanol–water partition coefficient (Wildman–Crippen LogP) is 2.40. The Bertz CT molecular complexity index is 835. The van der Waals surface area contributed by atoms with E-state index in [1.54, 1.807) is 18.2 Å². The molecule has 0 radical (unpaired) electrons. The fourth-order valence-corrected chi connectivity index (χ4v) is 2.20. The summed E-state index contributed by atoms with van der Waals surface area (Å²) < 4.78 is 14.5. The molecule has 1 heterocycles. The molecule has 1 aromatic heterocycles. The summed E-state index contributed by atoms with van der Waals surface area (Å²) in [5.41, 5.74) is 1.07. The first-order valence-corrected chi connectivity index (χ1v) is 7.31. The van der Waals surface area contributed by atoms with Gasteiger partial charge in [0.1, 0.15) is 12.1 Å². The third-order valence-electron chi connectivity index (χ3n) is 3.37. The molecule has 0 fully saturated rings. The van der Waals surface area contributed by atoms with Gasteiger partial charge in [0.05, 0.1) is 12.6 Å². The van der Waals surface area contributed by atoms with Gasteiger partial charge in [-0.05, 0) is 23.8 Å². The number of benzene rings is 2. The number of anilines is 1. The Balaban J connectivity index is 1.65. The van der Waals surface area contributed by atoms with Crippen molar-refractivity contribution < 1.29 is 14.3 Å². The van der Waals surface area contributed by atoms with Crippen molar-refractivity contribution in [1.29, 1.82) is 0 Å². The van der Waals surface area contributed by atoms with Gasteiger partial charge in [-0.15, -0.1) is 5.10 Å². The van der Waals surface area contributed by atoms with E-state index in [4.69, 9.17) is 0 Å². The number of nitrogens with one attached hydrogen (secondary N) is 1. The van der Waals surface area contributed by atoms with Gasteiger partial charge in [-0.3, -0.25) is 4.79 Å². The van der Waals surface area contributed by atoms with Gasteiger partial charge in [-0.2, -0.15) is 0 Å². The van der Waals surface area contributed by atoms with E-state index in [9.17, 15) is 14.3 Å². The quantitative estimate of drug-likeness (QED) is 0.754. The van der Waals surface area contributed by atoms with Crippen molar-refractivity contribution >= 4 is 11.6 Å². The number of rotatable bonds is 5. The number of carbonyl (C=O) groups is 1. The van der Waals surface area contributed by atoms with Crippen molar-refractivity contribution in [2.75, 3.05) is 5.32 Å². The molecule has 1 amide bonds. The fraction of sp³-hybridized carbons (Fsp3) is 0.118. The van der Waals surface area contributed by atoms with Crippen LogP contribution in [-0.2, 0) is 6.54 Å². The molecule has 0 unspecified atom stereocenters. The minimum atomic E-state index is -0.757. The topological polar surface area (TPSA) is 80.0 Å². The molecule has 0 aliphatic heterocycles. The number of hydrogen-bond acceptors (Lipinski definition) is 4.